The monoisotopic (exact) mass is 335 g/mol. The molecule has 0 saturated carbocycles. The van der Waals surface area contributed by atoms with E-state index in [-0.39, 0.29) is 18.0 Å². The second kappa shape index (κ2) is 7.44. The SMILES string of the molecule is COc1ccccc1NC(=O)Cn1nc(-c2ccccc2)ccc1=O. The van der Waals surface area contributed by atoms with Crippen LogP contribution in [0.5, 0.6) is 5.75 Å². The summed E-state index contributed by atoms with van der Waals surface area (Å²) in [5, 5.41) is 7.01. The Morgan fingerprint density at radius 2 is 1.76 bits per heavy atom. The molecule has 1 N–H and O–H groups in total. The summed E-state index contributed by atoms with van der Waals surface area (Å²) in [5.74, 6) is 0.193. The van der Waals surface area contributed by atoms with Gasteiger partial charge in [0.05, 0.1) is 18.5 Å². The van der Waals surface area contributed by atoms with Crippen molar-refractivity contribution in [2.24, 2.45) is 0 Å². The van der Waals surface area contributed by atoms with Gasteiger partial charge < -0.3 is 10.1 Å². The number of amides is 1. The van der Waals surface area contributed by atoms with E-state index in [1.54, 1.807) is 24.3 Å². The highest BCUT2D eigenvalue weighted by Crippen LogP contribution is 2.22. The van der Waals surface area contributed by atoms with Crippen molar-refractivity contribution in [2.45, 2.75) is 6.54 Å². The first-order valence-corrected chi connectivity index (χ1v) is 7.74. The van der Waals surface area contributed by atoms with Crippen molar-refractivity contribution in [1.82, 2.24) is 9.78 Å². The van der Waals surface area contributed by atoms with Crippen LogP contribution in [0.1, 0.15) is 0 Å². The van der Waals surface area contributed by atoms with Crippen molar-refractivity contribution < 1.29 is 9.53 Å². The van der Waals surface area contributed by atoms with E-state index in [4.69, 9.17) is 4.74 Å². The van der Waals surface area contributed by atoms with Gasteiger partial charge in [0.15, 0.2) is 0 Å². The first-order valence-electron chi connectivity index (χ1n) is 7.74. The predicted octanol–water partition coefficient (Wildman–Crippen LogP) is 2.56. The summed E-state index contributed by atoms with van der Waals surface area (Å²) in [7, 11) is 1.53. The molecule has 6 heteroatoms. The molecule has 3 aromatic rings. The minimum absolute atomic E-state index is 0.183. The molecule has 0 saturated heterocycles. The van der Waals surface area contributed by atoms with Crippen LogP contribution in [0.4, 0.5) is 5.69 Å². The molecule has 0 atom stereocenters. The topological polar surface area (TPSA) is 73.2 Å². The van der Waals surface area contributed by atoms with Crippen molar-refractivity contribution in [3.8, 4) is 17.0 Å². The minimum atomic E-state index is -0.357. The van der Waals surface area contributed by atoms with Gasteiger partial charge in [0.2, 0.25) is 5.91 Å². The summed E-state index contributed by atoms with van der Waals surface area (Å²) in [5.41, 5.74) is 1.71. The van der Waals surface area contributed by atoms with Crippen LogP contribution in [0.2, 0.25) is 0 Å². The fourth-order valence-electron chi connectivity index (χ4n) is 2.40. The van der Waals surface area contributed by atoms with E-state index in [1.807, 2.05) is 36.4 Å². The number of hydrogen-bond acceptors (Lipinski definition) is 4. The molecule has 1 heterocycles. The molecule has 0 spiro atoms. The lowest BCUT2D eigenvalue weighted by Gasteiger charge is -2.11. The molecule has 1 aromatic heterocycles. The van der Waals surface area contributed by atoms with Crippen LogP contribution < -0.4 is 15.6 Å². The number of benzene rings is 2. The van der Waals surface area contributed by atoms with Gasteiger partial charge in [-0.2, -0.15) is 5.10 Å². The number of anilines is 1. The number of rotatable bonds is 5. The number of carbonyl (C=O) groups is 1. The van der Waals surface area contributed by atoms with Gasteiger partial charge in [0.1, 0.15) is 12.3 Å². The molecule has 3 rings (SSSR count). The van der Waals surface area contributed by atoms with Crippen molar-refractivity contribution in [3.63, 3.8) is 0 Å². The molecule has 1 amide bonds. The highest BCUT2D eigenvalue weighted by atomic mass is 16.5. The number of carbonyl (C=O) groups excluding carboxylic acids is 1. The lowest BCUT2D eigenvalue weighted by atomic mass is 10.1. The van der Waals surface area contributed by atoms with E-state index in [0.29, 0.717) is 17.1 Å². The summed E-state index contributed by atoms with van der Waals surface area (Å²) >= 11 is 0. The maximum Gasteiger partial charge on any atom is 0.267 e. The zero-order valence-corrected chi connectivity index (χ0v) is 13.7. The largest absolute Gasteiger partial charge is 0.495 e. The molecule has 126 valence electrons. The normalized spacial score (nSPS) is 10.3. The number of methoxy groups -OCH3 is 1. The third-order valence-corrected chi connectivity index (χ3v) is 3.61. The second-order valence-corrected chi connectivity index (χ2v) is 5.33. The number of aromatic nitrogens is 2. The molecule has 25 heavy (non-hydrogen) atoms. The Bertz CT molecular complexity index is 936. The second-order valence-electron chi connectivity index (χ2n) is 5.33. The molecule has 0 aliphatic heterocycles. The van der Waals surface area contributed by atoms with Gasteiger partial charge in [-0.15, -0.1) is 0 Å². The number of para-hydroxylation sites is 2. The molecule has 0 aliphatic rings. The van der Waals surface area contributed by atoms with Crippen LogP contribution >= 0.6 is 0 Å². The maximum atomic E-state index is 12.3. The number of nitrogens with zero attached hydrogens (tertiary/aromatic N) is 2. The number of hydrogen-bond donors (Lipinski definition) is 1. The van der Waals surface area contributed by atoms with Crippen LogP contribution in [-0.4, -0.2) is 22.8 Å². The lowest BCUT2D eigenvalue weighted by Crippen LogP contribution is -2.29. The zero-order valence-electron chi connectivity index (χ0n) is 13.7. The smallest absolute Gasteiger partial charge is 0.267 e. The van der Waals surface area contributed by atoms with Gasteiger partial charge in [-0.05, 0) is 18.2 Å². The third kappa shape index (κ3) is 3.92. The number of nitrogens with one attached hydrogen (secondary N) is 1. The van der Waals surface area contributed by atoms with E-state index >= 15 is 0 Å². The fraction of sp³-hybridized carbons (Fsp3) is 0.105. The molecule has 0 radical (unpaired) electrons. The quantitative estimate of drug-likeness (QED) is 0.778. The molecule has 0 fully saturated rings. The minimum Gasteiger partial charge on any atom is -0.495 e. The van der Waals surface area contributed by atoms with Gasteiger partial charge in [0.25, 0.3) is 5.56 Å². The van der Waals surface area contributed by atoms with Crippen LogP contribution in [0, 0.1) is 0 Å². The Morgan fingerprint density at radius 3 is 2.52 bits per heavy atom. The van der Waals surface area contributed by atoms with Gasteiger partial charge >= 0.3 is 0 Å². The zero-order chi connectivity index (χ0) is 17.6. The Hall–Kier alpha value is -3.41. The molecule has 6 nitrogen and oxygen atoms in total. The molecule has 0 unspecified atom stereocenters. The maximum absolute atomic E-state index is 12.3. The van der Waals surface area contributed by atoms with Gasteiger partial charge in [-0.25, -0.2) is 4.68 Å². The molecular weight excluding hydrogens is 318 g/mol. The van der Waals surface area contributed by atoms with E-state index in [9.17, 15) is 9.59 Å². The summed E-state index contributed by atoms with van der Waals surface area (Å²) in [4.78, 5) is 24.3. The van der Waals surface area contributed by atoms with Crippen molar-refractivity contribution >= 4 is 11.6 Å². The average Bonchev–Trinajstić information content (AvgIpc) is 2.64. The van der Waals surface area contributed by atoms with Crippen LogP contribution in [0.25, 0.3) is 11.3 Å². The van der Waals surface area contributed by atoms with Crippen LogP contribution in [0.3, 0.4) is 0 Å². The highest BCUT2D eigenvalue weighted by Gasteiger charge is 2.10. The van der Waals surface area contributed by atoms with Gasteiger partial charge in [-0.3, -0.25) is 9.59 Å². The Labute approximate surface area is 144 Å². The van der Waals surface area contributed by atoms with Gasteiger partial charge in [-0.1, -0.05) is 42.5 Å². The summed E-state index contributed by atoms with van der Waals surface area (Å²) < 4.78 is 6.34. The molecule has 2 aromatic carbocycles. The Balaban J connectivity index is 1.80. The van der Waals surface area contributed by atoms with Crippen LogP contribution in [-0.2, 0) is 11.3 Å². The Kier molecular flexibility index (Phi) is 4.89. The standard InChI is InChI=1S/C19H17N3O3/c1-25-17-10-6-5-9-16(17)20-18(23)13-22-19(24)12-11-15(21-22)14-7-3-2-4-8-14/h2-12H,13H2,1H3,(H,20,23). The first kappa shape index (κ1) is 16.4. The third-order valence-electron chi connectivity index (χ3n) is 3.61. The fourth-order valence-corrected chi connectivity index (χ4v) is 2.40. The Morgan fingerprint density at radius 1 is 1.04 bits per heavy atom. The van der Waals surface area contributed by atoms with Crippen molar-refractivity contribution in [3.05, 3.63) is 77.1 Å². The predicted molar refractivity (Wildman–Crippen MR) is 95.6 cm³/mol. The number of ether oxygens (including phenoxy) is 1. The average molecular weight is 335 g/mol. The summed E-state index contributed by atoms with van der Waals surface area (Å²) in [6.07, 6.45) is 0. The molecule has 0 aliphatic carbocycles. The summed E-state index contributed by atoms with van der Waals surface area (Å²) in [6.45, 7) is -0.183. The van der Waals surface area contributed by atoms with Crippen molar-refractivity contribution in [2.75, 3.05) is 12.4 Å². The first-order chi connectivity index (χ1) is 12.2. The van der Waals surface area contributed by atoms with E-state index < -0.39 is 0 Å². The van der Waals surface area contributed by atoms with E-state index in [1.165, 1.54) is 13.2 Å². The summed E-state index contributed by atoms with van der Waals surface area (Å²) in [6, 6.07) is 19.6. The lowest BCUT2D eigenvalue weighted by molar-refractivity contribution is -0.117. The highest BCUT2D eigenvalue weighted by molar-refractivity contribution is 5.92. The van der Waals surface area contributed by atoms with Crippen LogP contribution in [0.15, 0.2) is 71.5 Å². The molecule has 0 bridgehead atoms. The van der Waals surface area contributed by atoms with Crippen molar-refractivity contribution in [1.29, 1.82) is 0 Å². The van der Waals surface area contributed by atoms with E-state index in [2.05, 4.69) is 10.4 Å². The van der Waals surface area contributed by atoms with E-state index in [0.717, 1.165) is 10.2 Å². The van der Waals surface area contributed by atoms with Gasteiger partial charge in [0, 0.05) is 11.6 Å². The molecular formula is C19H17N3O3.